The molecule has 0 saturated carbocycles. The van der Waals surface area contributed by atoms with Gasteiger partial charge in [0, 0.05) is 81.2 Å². The molecule has 5 aliphatic rings. The molecule has 4 aliphatic heterocycles. The predicted octanol–water partition coefficient (Wildman–Crippen LogP) is 6.94. The number of epoxide rings is 1. The summed E-state index contributed by atoms with van der Waals surface area (Å²) in [4.78, 5) is 164. The van der Waals surface area contributed by atoms with Gasteiger partial charge in [-0.3, -0.25) is 47.9 Å². The molecule has 127 heavy (non-hydrogen) atoms. The number of carbonyl (C=O) groups is 11. The number of halogens is 1. The van der Waals surface area contributed by atoms with Gasteiger partial charge in [0.05, 0.1) is 74.8 Å². The number of nitrogens with zero attached hydrogens (tertiary/aromatic N) is 2. The molecular weight excluding hydrogens is 1730 g/mol. The summed E-state index contributed by atoms with van der Waals surface area (Å²) in [7, 11) is 11.0. The number of anilines is 1. The number of benzene rings is 4. The maximum absolute atomic E-state index is 15.5. The number of likely N-dealkylation sites (N-methyl/N-ethyl adjacent to an activating group) is 1. The van der Waals surface area contributed by atoms with Crippen LogP contribution in [0.25, 0.3) is 5.57 Å². The lowest BCUT2D eigenvalue weighted by atomic mass is 9.78. The minimum Gasteiger partial charge on any atom is -0.495 e. The molecule has 8 amide bonds. The van der Waals surface area contributed by atoms with Crippen LogP contribution in [0, 0.1) is 11.8 Å². The van der Waals surface area contributed by atoms with Gasteiger partial charge in [0.15, 0.2) is 5.78 Å². The van der Waals surface area contributed by atoms with E-state index in [2.05, 4.69) is 37.2 Å². The molecule has 1 unspecified atom stereocenters. The number of hydrogen-bond donors (Lipinski definition) is 12. The second-order valence-electron chi connectivity index (χ2n) is 33.7. The summed E-state index contributed by atoms with van der Waals surface area (Å²) >= 11 is 6.93. The first kappa shape index (κ1) is 102. The molecule has 13 N–H and O–H groups in total. The van der Waals surface area contributed by atoms with Gasteiger partial charge in [-0.25, -0.2) is 4.79 Å². The minimum absolute atomic E-state index is 0.00905. The number of hydrogen-bond acceptors (Lipinski definition) is 26. The highest BCUT2D eigenvalue weighted by Gasteiger charge is 2.65. The molecule has 0 spiro atoms. The average Bonchev–Trinajstić information content (AvgIpc) is 1.58. The maximum Gasteiger partial charge on any atom is 0.328 e. The number of esters is 2. The number of ether oxygens (including phenoxy) is 5. The topological polar surface area (TPSA) is 435 Å². The zero-order valence-electron chi connectivity index (χ0n) is 74.0. The fourth-order valence-electron chi connectivity index (χ4n) is 16.0. The third-order valence-corrected chi connectivity index (χ3v) is 29.8. The van der Waals surface area contributed by atoms with E-state index in [1.807, 2.05) is 92.7 Å². The van der Waals surface area contributed by atoms with Gasteiger partial charge < -0.3 is 96.9 Å². The number of methoxy groups -OCH3 is 2. The van der Waals surface area contributed by atoms with Crippen molar-refractivity contribution in [3.8, 4) is 5.75 Å². The number of Topliss-reactive ketones (excluding diaryl/α,β-unsaturated/α-hetero) is 1. The number of carbonyl (C=O) groups excluding carboxylic acids is 11. The fourth-order valence-corrected chi connectivity index (χ4v) is 21.0. The molecule has 35 heteroatoms. The highest BCUT2D eigenvalue weighted by atomic mass is 35.5. The van der Waals surface area contributed by atoms with Gasteiger partial charge in [-0.2, -0.15) is 0 Å². The van der Waals surface area contributed by atoms with Gasteiger partial charge >= 0.3 is 11.9 Å². The number of nitrogens with two attached hydrogens (primary N) is 1. The molecule has 9 rings (SSSR count). The molecule has 0 radical (unpaired) electrons. The summed E-state index contributed by atoms with van der Waals surface area (Å²) in [5.41, 5.74) is 9.08. The Morgan fingerprint density at radius 2 is 1.53 bits per heavy atom. The first-order valence-corrected chi connectivity index (χ1v) is 48.5. The minimum atomic E-state index is -1.71. The monoisotopic (exact) mass is 1850 g/mol. The molecule has 4 aromatic carbocycles. The van der Waals surface area contributed by atoms with E-state index in [0.29, 0.717) is 61.4 Å². The summed E-state index contributed by atoms with van der Waals surface area (Å²) in [5.74, 6) is -9.10. The van der Waals surface area contributed by atoms with E-state index in [1.165, 1.54) is 73.4 Å². The Kier molecular flexibility index (Phi) is 39.5. The molecule has 1 aliphatic carbocycles. The van der Waals surface area contributed by atoms with Gasteiger partial charge in [-0.1, -0.05) is 183 Å². The number of rotatable bonds is 31. The second kappa shape index (κ2) is 49.0. The predicted molar refractivity (Wildman–Crippen MR) is 493 cm³/mol. The molecule has 4 bridgehead atoms. The summed E-state index contributed by atoms with van der Waals surface area (Å²) in [6.07, 6.45) is 2.66. The van der Waals surface area contributed by atoms with Crippen LogP contribution in [-0.2, 0) is 97.4 Å². The molecule has 19 atom stereocenters. The van der Waals surface area contributed by atoms with Crippen molar-refractivity contribution in [2.45, 2.75) is 246 Å². The van der Waals surface area contributed by atoms with Crippen LogP contribution in [0.1, 0.15) is 147 Å². The Morgan fingerprint density at radius 3 is 2.21 bits per heavy atom. The summed E-state index contributed by atoms with van der Waals surface area (Å²) in [5, 5.41) is 64.2. The van der Waals surface area contributed by atoms with E-state index in [1.54, 1.807) is 63.4 Å². The molecular formula is C92H125ClN10O20S4. The van der Waals surface area contributed by atoms with Gasteiger partial charge in [0.1, 0.15) is 64.4 Å². The van der Waals surface area contributed by atoms with Crippen LogP contribution in [-0.4, -0.2) is 257 Å². The standard InChI is InChI=1S/C92H125ClN10O20S4/c1-53-24-18-21-32-76(120-11)92(118)48-75(121-80(110)49-92)55(3)83-91(7,123-83)77(47-79(109)103(9)72-43-61(40-53)44-74(119-10)81(72)93)122-90(117)56(4)102(8)78(108)36-39-124-127-54(2)35-38-95-67(42-60-27-16-13-17-28-60)86(113)99-70-51-125-126-52-71(88(115)98-69(50-104)57(5)105)100-89(116)82(58(6)106)101-85(112)66(31-22-23-37-94)96-87(114)68(45-63-34-33-62-29-19-20-30-65(62)63)97-84(111)64(46-73(70)107)41-59-25-14-12-15-26-59/h12-21,24-30,34,43-44,54-58,64,66-71,75-77,82-83,95,104-106,118H,22-23,31-33,35-42,45-52,94H2,1-11H3,(H,96,114)(H,97,111)(H,98,115)(H,99,113)(H,100,116)(H,101,112)/b21-18+,53-24+/t54?,55-,56+,57-,58-,64-,66+,67-,68-,69-,70+,71+,75+,76-,77+,82+,83+,91+,92-/m1/s1. The molecule has 30 nitrogen and oxygen atoms in total. The van der Waals surface area contributed by atoms with Crippen molar-refractivity contribution in [2.24, 2.45) is 17.6 Å². The number of unbranched alkanes of at least 4 members (excludes halogenated alkanes) is 1. The lowest BCUT2D eigenvalue weighted by molar-refractivity contribution is -0.192. The van der Waals surface area contributed by atoms with Crippen molar-refractivity contribution in [1.29, 1.82) is 0 Å². The molecule has 3 fully saturated rings. The van der Waals surface area contributed by atoms with E-state index in [4.69, 9.17) is 41.0 Å². The average molecular weight is 1850 g/mol. The van der Waals surface area contributed by atoms with E-state index >= 15 is 19.2 Å². The van der Waals surface area contributed by atoms with Crippen molar-refractivity contribution in [1.82, 2.24) is 42.1 Å². The van der Waals surface area contributed by atoms with Gasteiger partial charge in [-0.05, 0) is 151 Å². The Labute approximate surface area is 764 Å². The lowest BCUT2D eigenvalue weighted by Crippen LogP contribution is -2.61. The van der Waals surface area contributed by atoms with Crippen LogP contribution in [0.15, 0.2) is 127 Å². The normalized spacial score (nSPS) is 27.0. The highest BCUT2D eigenvalue weighted by molar-refractivity contribution is 8.77. The maximum atomic E-state index is 15.5. The first-order valence-electron chi connectivity index (χ1n) is 43.3. The van der Waals surface area contributed by atoms with Crippen molar-refractivity contribution >= 4 is 131 Å². The number of aliphatic hydroxyl groups excluding tert-OH is 3. The van der Waals surface area contributed by atoms with E-state index < -0.39 is 187 Å². The quantitative estimate of drug-likeness (QED) is 0.0105. The Hall–Kier alpha value is -8.36. The fraction of sp³-hybridized carbons (Fsp3) is 0.554. The highest BCUT2D eigenvalue weighted by Crippen LogP contribution is 2.50. The molecule has 3 saturated heterocycles. The van der Waals surface area contributed by atoms with Crippen molar-refractivity contribution in [3.63, 3.8) is 0 Å². The number of fused-ring (bicyclic) bond motifs is 6. The lowest BCUT2D eigenvalue weighted by Gasteiger charge is -2.42. The third-order valence-electron chi connectivity index (χ3n) is 24.0. The first-order chi connectivity index (χ1) is 60.6. The Balaban J connectivity index is 0.900. The van der Waals surface area contributed by atoms with Crippen LogP contribution < -0.4 is 52.6 Å². The van der Waals surface area contributed by atoms with Crippen molar-refractivity contribution < 1.29 is 96.9 Å². The van der Waals surface area contributed by atoms with Gasteiger partial charge in [0.2, 0.25) is 47.3 Å². The number of allylic oxidation sites excluding steroid dienone is 4. The molecule has 4 heterocycles. The second-order valence-corrected chi connectivity index (χ2v) is 39.6. The largest absolute Gasteiger partial charge is 0.495 e. The van der Waals surface area contributed by atoms with E-state index in [0.717, 1.165) is 55.0 Å². The number of amides is 8. The molecule has 4 aromatic rings. The van der Waals surface area contributed by atoms with Crippen LogP contribution >= 0.6 is 54.8 Å². The van der Waals surface area contributed by atoms with Crippen molar-refractivity contribution in [3.05, 3.63) is 160 Å². The molecule has 694 valence electrons. The summed E-state index contributed by atoms with van der Waals surface area (Å²) in [6, 6.07) is 18.9. The SMILES string of the molecule is COc1cc2cc(c1Cl)N(C)C(=O)C[C@H](OC(=O)[C@H](C)N(C)C(=O)CCSSC(C)CCN[C@H](Cc1ccccc1)C(=O)N[C@H]1CSSC[C@@H](C(=O)N[C@H](CO)[C@@H](C)O)NC(=O)[C@H]([C@@H](C)O)NC(=O)[C@H](CCCCN)NC(=O)[C@@H](CC3=CCc4ccccc43)NC(=O)[C@H](Cc3ccccc3)CC1=O)[C@]1(C)O[C@H]1[C@H](C)[C@@H]1C[C@@](O)(CC(=O)O1)[C@H](OC)C/C=C/C=C(\C)C2. The Bertz CT molecular complexity index is 4560. The van der Waals surface area contributed by atoms with E-state index in [-0.39, 0.29) is 85.6 Å². The zero-order chi connectivity index (χ0) is 92.4. The smallest absolute Gasteiger partial charge is 0.328 e. The van der Waals surface area contributed by atoms with Crippen LogP contribution in [0.3, 0.4) is 0 Å². The van der Waals surface area contributed by atoms with Crippen molar-refractivity contribution in [2.75, 3.05) is 70.2 Å². The number of nitrogens with one attached hydrogen (secondary N) is 7. The van der Waals surface area contributed by atoms with E-state index in [9.17, 15) is 54.0 Å². The molecule has 0 aromatic heterocycles. The number of ketones is 1. The number of aliphatic hydroxyl groups is 4. The van der Waals surface area contributed by atoms with Gasteiger partial charge in [0.25, 0.3) is 0 Å². The van der Waals surface area contributed by atoms with Crippen LogP contribution in [0.2, 0.25) is 5.02 Å². The van der Waals surface area contributed by atoms with Gasteiger partial charge in [-0.15, -0.1) is 0 Å². The Morgan fingerprint density at radius 1 is 0.843 bits per heavy atom. The summed E-state index contributed by atoms with van der Waals surface area (Å²) < 4.78 is 30.2. The van der Waals surface area contributed by atoms with Crippen LogP contribution in [0.4, 0.5) is 5.69 Å². The third kappa shape index (κ3) is 29.1. The summed E-state index contributed by atoms with van der Waals surface area (Å²) in [6.45, 7) is 11.4. The van der Waals surface area contributed by atoms with Crippen LogP contribution in [0.5, 0.6) is 5.75 Å². The zero-order valence-corrected chi connectivity index (χ0v) is 78.0.